The molecule has 0 unspecified atom stereocenters. The Hall–Kier alpha value is -2.05. The summed E-state index contributed by atoms with van der Waals surface area (Å²) in [4.78, 5) is 3.43. The second-order valence-electron chi connectivity index (χ2n) is 2.70. The van der Waals surface area contributed by atoms with E-state index in [1.165, 1.54) is 0 Å². The summed E-state index contributed by atoms with van der Waals surface area (Å²) in [5.74, 6) is -3.97. The smallest absolute Gasteiger partial charge is 0.265 e. The number of halogens is 3. The minimum atomic E-state index is -1.13. The summed E-state index contributed by atoms with van der Waals surface area (Å²) in [6.45, 7) is 0. The molecule has 0 fully saturated rings. The molecule has 0 aliphatic rings. The Balaban J connectivity index is 2.62. The molecule has 7 heteroatoms. The zero-order valence-corrected chi connectivity index (χ0v) is 7.17. The molecule has 0 aliphatic heterocycles. The number of hydrogen-bond donors (Lipinski definition) is 1. The van der Waals surface area contributed by atoms with Gasteiger partial charge in [-0.1, -0.05) is 0 Å². The van der Waals surface area contributed by atoms with Gasteiger partial charge >= 0.3 is 0 Å². The third kappa shape index (κ3) is 1.63. The molecule has 15 heavy (non-hydrogen) atoms. The lowest BCUT2D eigenvalue weighted by atomic mass is 10.2. The molecule has 1 aromatic heterocycles. The maximum Gasteiger partial charge on any atom is 0.265 e. The monoisotopic (exact) mass is 215 g/mol. The third-order valence-electron chi connectivity index (χ3n) is 1.66. The normalized spacial score (nSPS) is 10.6. The molecule has 0 aliphatic carbocycles. The van der Waals surface area contributed by atoms with Crippen molar-refractivity contribution < 1.29 is 17.7 Å². The molecule has 1 heterocycles. The van der Waals surface area contributed by atoms with Crippen molar-refractivity contribution in [3.63, 3.8) is 0 Å². The predicted octanol–water partition coefficient (Wildman–Crippen LogP) is 1.74. The van der Waals surface area contributed by atoms with Crippen molar-refractivity contribution in [2.24, 2.45) is 0 Å². The fourth-order valence-corrected chi connectivity index (χ4v) is 1.08. The van der Waals surface area contributed by atoms with Gasteiger partial charge in [0.1, 0.15) is 23.0 Å². The molecule has 78 valence electrons. The lowest BCUT2D eigenvalue weighted by Gasteiger charge is -1.99. The highest BCUT2D eigenvalue weighted by molar-refractivity contribution is 5.55. The number of nitrogens with zero attached hydrogens (tertiary/aromatic N) is 2. The van der Waals surface area contributed by atoms with E-state index in [1.807, 2.05) is 0 Å². The summed E-state index contributed by atoms with van der Waals surface area (Å²) in [6, 6.07) is 1.03. The van der Waals surface area contributed by atoms with Crippen molar-refractivity contribution in [3.8, 4) is 11.5 Å². The molecular formula is C8H4F3N3O. The molecule has 0 amide bonds. The van der Waals surface area contributed by atoms with Crippen LogP contribution in [0.5, 0.6) is 0 Å². The van der Waals surface area contributed by atoms with Crippen molar-refractivity contribution in [2.75, 3.05) is 5.73 Å². The van der Waals surface area contributed by atoms with Crippen LogP contribution in [-0.2, 0) is 0 Å². The number of nitrogens with two attached hydrogens (primary N) is 1. The molecule has 4 nitrogen and oxygen atoms in total. The molecule has 2 N–H and O–H groups in total. The van der Waals surface area contributed by atoms with Gasteiger partial charge in [0.2, 0.25) is 0 Å². The fourth-order valence-electron chi connectivity index (χ4n) is 1.08. The molecule has 0 radical (unpaired) electrons. The summed E-state index contributed by atoms with van der Waals surface area (Å²) in [6.07, 6.45) is 0. The Kier molecular flexibility index (Phi) is 2.07. The van der Waals surface area contributed by atoms with E-state index < -0.39 is 28.9 Å². The minimum Gasteiger partial charge on any atom is -0.365 e. The van der Waals surface area contributed by atoms with E-state index in [9.17, 15) is 13.2 Å². The first-order valence-corrected chi connectivity index (χ1v) is 3.82. The summed E-state index contributed by atoms with van der Waals surface area (Å²) in [5.41, 5.74) is 4.51. The Morgan fingerprint density at radius 3 is 2.20 bits per heavy atom. The number of aromatic nitrogens is 2. The van der Waals surface area contributed by atoms with Crippen LogP contribution >= 0.6 is 0 Å². The van der Waals surface area contributed by atoms with Crippen LogP contribution in [0.1, 0.15) is 0 Å². The molecule has 0 atom stereocenters. The highest BCUT2D eigenvalue weighted by atomic mass is 19.1. The molecule has 2 rings (SSSR count). The van der Waals surface area contributed by atoms with Gasteiger partial charge in [-0.3, -0.25) is 0 Å². The molecule has 1 aromatic carbocycles. The van der Waals surface area contributed by atoms with Gasteiger partial charge in [-0.2, -0.15) is 4.98 Å². The maximum absolute atomic E-state index is 13.2. The van der Waals surface area contributed by atoms with E-state index in [0.717, 1.165) is 0 Å². The molecular weight excluding hydrogens is 211 g/mol. The average molecular weight is 215 g/mol. The number of nitrogen functional groups attached to an aromatic ring is 1. The van der Waals surface area contributed by atoms with Gasteiger partial charge in [-0.15, -0.1) is 0 Å². The Morgan fingerprint density at radius 1 is 1.13 bits per heavy atom. The first-order chi connectivity index (χ1) is 7.08. The lowest BCUT2D eigenvalue weighted by molar-refractivity contribution is 0.426. The lowest BCUT2D eigenvalue weighted by Crippen LogP contribution is -1.93. The first kappa shape index (κ1) is 9.50. The average Bonchev–Trinajstić information content (AvgIpc) is 2.49. The first-order valence-electron chi connectivity index (χ1n) is 3.82. The molecule has 2 aromatic rings. The van der Waals surface area contributed by atoms with E-state index in [4.69, 9.17) is 5.73 Å². The van der Waals surface area contributed by atoms with Crippen molar-refractivity contribution >= 4 is 5.95 Å². The summed E-state index contributed by atoms with van der Waals surface area (Å²) in [7, 11) is 0. The molecule has 0 saturated heterocycles. The van der Waals surface area contributed by atoms with E-state index >= 15 is 0 Å². The Morgan fingerprint density at radius 2 is 1.73 bits per heavy atom. The van der Waals surface area contributed by atoms with Crippen LogP contribution in [0.4, 0.5) is 19.1 Å². The largest absolute Gasteiger partial charge is 0.365 e. The number of anilines is 1. The quantitative estimate of drug-likeness (QED) is 0.786. The Labute approximate surface area is 81.5 Å². The predicted molar refractivity (Wildman–Crippen MR) is 44.0 cm³/mol. The maximum atomic E-state index is 13.2. The zero-order valence-electron chi connectivity index (χ0n) is 7.17. The van der Waals surface area contributed by atoms with E-state index in [-0.39, 0.29) is 5.95 Å². The van der Waals surface area contributed by atoms with Crippen LogP contribution in [0.3, 0.4) is 0 Å². The number of rotatable bonds is 1. The van der Waals surface area contributed by atoms with Crippen LogP contribution in [0.15, 0.2) is 16.7 Å². The zero-order chi connectivity index (χ0) is 11.0. The van der Waals surface area contributed by atoms with Crippen LogP contribution in [-0.4, -0.2) is 10.1 Å². The molecule has 0 saturated carbocycles. The summed E-state index contributed by atoms with van der Waals surface area (Å²) < 4.78 is 43.3. The highest BCUT2D eigenvalue weighted by Crippen LogP contribution is 2.25. The SMILES string of the molecule is Nc1noc(-c2c(F)cc(F)cc2F)n1. The van der Waals surface area contributed by atoms with E-state index in [0.29, 0.717) is 12.1 Å². The van der Waals surface area contributed by atoms with Crippen LogP contribution < -0.4 is 5.73 Å². The van der Waals surface area contributed by atoms with Gasteiger partial charge < -0.3 is 10.3 Å². The van der Waals surface area contributed by atoms with Crippen molar-refractivity contribution in [1.29, 1.82) is 0 Å². The van der Waals surface area contributed by atoms with Crippen LogP contribution in [0.25, 0.3) is 11.5 Å². The van der Waals surface area contributed by atoms with Crippen molar-refractivity contribution in [1.82, 2.24) is 10.1 Å². The van der Waals surface area contributed by atoms with Gasteiger partial charge in [-0.25, -0.2) is 13.2 Å². The number of benzene rings is 1. The topological polar surface area (TPSA) is 64.9 Å². The van der Waals surface area contributed by atoms with Crippen LogP contribution in [0.2, 0.25) is 0 Å². The van der Waals surface area contributed by atoms with Gasteiger partial charge in [0.05, 0.1) is 0 Å². The second kappa shape index (κ2) is 3.26. The Bertz CT molecular complexity index is 489. The highest BCUT2D eigenvalue weighted by Gasteiger charge is 2.18. The van der Waals surface area contributed by atoms with Crippen molar-refractivity contribution in [3.05, 3.63) is 29.6 Å². The third-order valence-corrected chi connectivity index (χ3v) is 1.66. The van der Waals surface area contributed by atoms with Crippen LogP contribution in [0, 0.1) is 17.5 Å². The summed E-state index contributed by atoms with van der Waals surface area (Å²) in [5, 5.41) is 3.16. The minimum absolute atomic E-state index is 0.256. The van der Waals surface area contributed by atoms with Gasteiger partial charge in [0, 0.05) is 12.1 Å². The number of hydrogen-bond acceptors (Lipinski definition) is 4. The standard InChI is InChI=1S/C8H4F3N3O/c9-3-1-4(10)6(5(11)2-3)7-13-8(12)14-15-7/h1-2H,(H2,12,14). The van der Waals surface area contributed by atoms with E-state index in [2.05, 4.69) is 14.7 Å². The summed E-state index contributed by atoms with van der Waals surface area (Å²) >= 11 is 0. The molecule has 0 bridgehead atoms. The van der Waals surface area contributed by atoms with Gasteiger partial charge in [0.25, 0.3) is 11.8 Å². The fraction of sp³-hybridized carbons (Fsp3) is 0. The van der Waals surface area contributed by atoms with Crippen molar-refractivity contribution in [2.45, 2.75) is 0 Å². The molecule has 0 spiro atoms. The van der Waals surface area contributed by atoms with E-state index in [1.54, 1.807) is 0 Å². The van der Waals surface area contributed by atoms with Gasteiger partial charge in [0.15, 0.2) is 0 Å². The van der Waals surface area contributed by atoms with Gasteiger partial charge in [-0.05, 0) is 5.16 Å². The second-order valence-corrected chi connectivity index (χ2v) is 2.70.